The van der Waals surface area contributed by atoms with Gasteiger partial charge in [0.05, 0.1) is 25.0 Å². The third kappa shape index (κ3) is 4.59. The first-order chi connectivity index (χ1) is 10.9. The summed E-state index contributed by atoms with van der Waals surface area (Å²) in [7, 11) is 1.51. The fraction of sp³-hybridized carbons (Fsp3) is 0.312. The van der Waals surface area contributed by atoms with Crippen LogP contribution in [0, 0.1) is 0 Å². The molecule has 0 bridgehead atoms. The summed E-state index contributed by atoms with van der Waals surface area (Å²) < 4.78 is 47.9. The number of nitrogens with zero attached hydrogens (tertiary/aromatic N) is 1. The Hall–Kier alpha value is -2.28. The standard InChI is InChI=1S/C16H16F3NO3/c1-22-10-8-20(11-14-3-2-9-23-14)15(21)12-4-6-13(7-5-12)16(17,18)19/h2-7,9H,8,10-11H2,1H3. The Morgan fingerprint density at radius 3 is 2.43 bits per heavy atom. The molecule has 0 aliphatic rings. The molecule has 1 amide bonds. The van der Waals surface area contributed by atoms with Crippen molar-refractivity contribution in [1.29, 1.82) is 0 Å². The zero-order chi connectivity index (χ0) is 16.9. The van der Waals surface area contributed by atoms with Crippen molar-refractivity contribution in [3.05, 3.63) is 59.5 Å². The molecule has 0 fully saturated rings. The van der Waals surface area contributed by atoms with Gasteiger partial charge in [-0.1, -0.05) is 0 Å². The van der Waals surface area contributed by atoms with Crippen molar-refractivity contribution < 1.29 is 27.1 Å². The van der Waals surface area contributed by atoms with Gasteiger partial charge in [-0.3, -0.25) is 4.79 Å². The molecule has 23 heavy (non-hydrogen) atoms. The quantitative estimate of drug-likeness (QED) is 0.814. The molecule has 0 aliphatic carbocycles. The topological polar surface area (TPSA) is 42.7 Å². The number of benzene rings is 1. The van der Waals surface area contributed by atoms with E-state index in [2.05, 4.69) is 0 Å². The number of halogens is 3. The fourth-order valence-electron chi connectivity index (χ4n) is 2.03. The maximum absolute atomic E-state index is 12.6. The van der Waals surface area contributed by atoms with Crippen LogP contribution >= 0.6 is 0 Å². The van der Waals surface area contributed by atoms with Crippen LogP contribution in [0.4, 0.5) is 13.2 Å². The normalized spacial score (nSPS) is 11.5. The summed E-state index contributed by atoms with van der Waals surface area (Å²) in [4.78, 5) is 13.9. The number of rotatable bonds is 6. The number of carbonyl (C=O) groups is 1. The van der Waals surface area contributed by atoms with E-state index < -0.39 is 11.7 Å². The van der Waals surface area contributed by atoms with Crippen LogP contribution in [0.1, 0.15) is 21.7 Å². The summed E-state index contributed by atoms with van der Waals surface area (Å²) in [5.74, 6) is 0.202. The second kappa shape index (κ2) is 7.32. The molecule has 1 heterocycles. The number of furan rings is 1. The maximum Gasteiger partial charge on any atom is 0.416 e. The van der Waals surface area contributed by atoms with E-state index >= 15 is 0 Å². The van der Waals surface area contributed by atoms with E-state index in [1.54, 1.807) is 12.1 Å². The monoisotopic (exact) mass is 327 g/mol. The Balaban J connectivity index is 2.15. The lowest BCUT2D eigenvalue weighted by Crippen LogP contribution is -2.33. The van der Waals surface area contributed by atoms with Crippen LogP contribution in [-0.2, 0) is 17.5 Å². The molecule has 0 unspecified atom stereocenters. The van der Waals surface area contributed by atoms with Gasteiger partial charge < -0.3 is 14.1 Å². The molecule has 2 aromatic rings. The van der Waals surface area contributed by atoms with Gasteiger partial charge in [-0.05, 0) is 36.4 Å². The third-order valence-corrected chi connectivity index (χ3v) is 3.24. The van der Waals surface area contributed by atoms with E-state index in [1.807, 2.05) is 0 Å². The van der Waals surface area contributed by atoms with E-state index in [0.717, 1.165) is 12.1 Å². The molecule has 0 aliphatic heterocycles. The molecule has 1 aromatic heterocycles. The summed E-state index contributed by atoms with van der Waals surface area (Å²) in [6.45, 7) is 0.834. The highest BCUT2D eigenvalue weighted by Crippen LogP contribution is 2.29. The van der Waals surface area contributed by atoms with Crippen LogP contribution in [0.2, 0.25) is 0 Å². The summed E-state index contributed by atoms with van der Waals surface area (Å²) in [5.41, 5.74) is -0.607. The van der Waals surface area contributed by atoms with Gasteiger partial charge in [-0.25, -0.2) is 0 Å². The first-order valence-corrected chi connectivity index (χ1v) is 6.89. The SMILES string of the molecule is COCCN(Cc1ccco1)C(=O)c1ccc(C(F)(F)F)cc1. The second-order valence-electron chi connectivity index (χ2n) is 4.87. The van der Waals surface area contributed by atoms with Crippen molar-refractivity contribution in [2.75, 3.05) is 20.3 Å². The third-order valence-electron chi connectivity index (χ3n) is 3.24. The lowest BCUT2D eigenvalue weighted by molar-refractivity contribution is -0.137. The molecule has 0 atom stereocenters. The van der Waals surface area contributed by atoms with E-state index in [4.69, 9.17) is 9.15 Å². The smallest absolute Gasteiger partial charge is 0.416 e. The van der Waals surface area contributed by atoms with Gasteiger partial charge in [0.15, 0.2) is 0 Å². The highest BCUT2D eigenvalue weighted by Gasteiger charge is 2.30. The molecule has 0 saturated carbocycles. The minimum atomic E-state index is -4.43. The van der Waals surface area contributed by atoms with Crippen molar-refractivity contribution in [1.82, 2.24) is 4.90 Å². The largest absolute Gasteiger partial charge is 0.467 e. The lowest BCUT2D eigenvalue weighted by atomic mass is 10.1. The molecule has 0 saturated heterocycles. The minimum Gasteiger partial charge on any atom is -0.467 e. The van der Waals surface area contributed by atoms with Crippen LogP contribution < -0.4 is 0 Å². The predicted molar refractivity (Wildman–Crippen MR) is 76.8 cm³/mol. The van der Waals surface area contributed by atoms with E-state index in [1.165, 1.54) is 30.4 Å². The Morgan fingerprint density at radius 1 is 1.22 bits per heavy atom. The van der Waals surface area contributed by atoms with Crippen molar-refractivity contribution >= 4 is 5.91 Å². The molecule has 0 spiro atoms. The van der Waals surface area contributed by atoms with Crippen LogP contribution in [0.15, 0.2) is 47.1 Å². The average molecular weight is 327 g/mol. The summed E-state index contributed by atoms with van der Waals surface area (Å²) >= 11 is 0. The summed E-state index contributed by atoms with van der Waals surface area (Å²) in [6, 6.07) is 7.57. The van der Waals surface area contributed by atoms with Crippen molar-refractivity contribution in [2.24, 2.45) is 0 Å². The number of hydrogen-bond donors (Lipinski definition) is 0. The highest BCUT2D eigenvalue weighted by atomic mass is 19.4. The van der Waals surface area contributed by atoms with Crippen LogP contribution in [-0.4, -0.2) is 31.1 Å². The number of ether oxygens (including phenoxy) is 1. The summed E-state index contributed by atoms with van der Waals surface area (Å²) in [5, 5.41) is 0. The molecule has 124 valence electrons. The minimum absolute atomic E-state index is 0.181. The second-order valence-corrected chi connectivity index (χ2v) is 4.87. The maximum atomic E-state index is 12.6. The van der Waals surface area contributed by atoms with Crippen molar-refractivity contribution in [3.8, 4) is 0 Å². The Kier molecular flexibility index (Phi) is 5.44. The van der Waals surface area contributed by atoms with Crippen molar-refractivity contribution in [3.63, 3.8) is 0 Å². The van der Waals surface area contributed by atoms with E-state index in [0.29, 0.717) is 18.9 Å². The molecule has 0 N–H and O–H groups in total. The molecule has 7 heteroatoms. The van der Waals surface area contributed by atoms with Gasteiger partial charge in [0, 0.05) is 19.2 Å². The number of amides is 1. The van der Waals surface area contributed by atoms with Crippen LogP contribution in [0.25, 0.3) is 0 Å². The van der Waals surface area contributed by atoms with Crippen molar-refractivity contribution in [2.45, 2.75) is 12.7 Å². The first-order valence-electron chi connectivity index (χ1n) is 6.89. The molecule has 1 aromatic carbocycles. The average Bonchev–Trinajstić information content (AvgIpc) is 3.03. The molecule has 0 radical (unpaired) electrons. The highest BCUT2D eigenvalue weighted by molar-refractivity contribution is 5.94. The van der Waals surface area contributed by atoms with Gasteiger partial charge in [-0.2, -0.15) is 13.2 Å². The van der Waals surface area contributed by atoms with Gasteiger partial charge in [0.1, 0.15) is 5.76 Å². The van der Waals surface area contributed by atoms with E-state index in [9.17, 15) is 18.0 Å². The molecular formula is C16H16F3NO3. The van der Waals surface area contributed by atoms with E-state index in [-0.39, 0.29) is 18.0 Å². The van der Waals surface area contributed by atoms with Gasteiger partial charge in [0.2, 0.25) is 0 Å². The number of alkyl halides is 3. The predicted octanol–water partition coefficient (Wildman–Crippen LogP) is 3.59. The zero-order valence-corrected chi connectivity index (χ0v) is 12.5. The van der Waals surface area contributed by atoms with Gasteiger partial charge in [-0.15, -0.1) is 0 Å². The number of hydrogen-bond acceptors (Lipinski definition) is 3. The van der Waals surface area contributed by atoms with Gasteiger partial charge in [0.25, 0.3) is 5.91 Å². The Bertz CT molecular complexity index is 621. The Morgan fingerprint density at radius 2 is 1.91 bits per heavy atom. The van der Waals surface area contributed by atoms with Crippen LogP contribution in [0.3, 0.4) is 0 Å². The Labute approximate surface area is 131 Å². The lowest BCUT2D eigenvalue weighted by Gasteiger charge is -2.21. The van der Waals surface area contributed by atoms with Gasteiger partial charge >= 0.3 is 6.18 Å². The fourth-order valence-corrected chi connectivity index (χ4v) is 2.03. The summed E-state index contributed by atoms with van der Waals surface area (Å²) in [6.07, 6.45) is -2.93. The zero-order valence-electron chi connectivity index (χ0n) is 12.5. The molecular weight excluding hydrogens is 311 g/mol. The molecule has 4 nitrogen and oxygen atoms in total. The molecule has 2 rings (SSSR count). The van der Waals surface area contributed by atoms with Crippen LogP contribution in [0.5, 0.6) is 0 Å². The number of methoxy groups -OCH3 is 1. The first kappa shape index (κ1) is 17.1. The number of carbonyl (C=O) groups excluding carboxylic acids is 1.